The normalized spacial score (nSPS) is 26.9. The van der Waals surface area contributed by atoms with Gasteiger partial charge in [-0.1, -0.05) is 12.1 Å². The van der Waals surface area contributed by atoms with E-state index in [9.17, 15) is 9.59 Å². The summed E-state index contributed by atoms with van der Waals surface area (Å²) in [5, 5.41) is 0. The Morgan fingerprint density at radius 3 is 2.10 bits per heavy atom. The maximum Gasteiger partial charge on any atom is 0.307 e. The van der Waals surface area contributed by atoms with Gasteiger partial charge in [0, 0.05) is 56.1 Å². The molecular weight excluding hydrogens is 612 g/mol. The third-order valence-corrected chi connectivity index (χ3v) is 11.0. The molecule has 6 rings (SSSR count). The third-order valence-electron chi connectivity index (χ3n) is 11.0. The molecule has 10 nitrogen and oxygen atoms in total. The van der Waals surface area contributed by atoms with Crippen molar-refractivity contribution >= 4 is 11.9 Å². The van der Waals surface area contributed by atoms with E-state index in [4.69, 9.17) is 28.4 Å². The van der Waals surface area contributed by atoms with Gasteiger partial charge in [-0.25, -0.2) is 0 Å². The molecule has 0 radical (unpaired) electrons. The zero-order valence-corrected chi connectivity index (χ0v) is 29.0. The van der Waals surface area contributed by atoms with E-state index in [-0.39, 0.29) is 34.9 Å². The molecule has 2 aliphatic carbocycles. The maximum atomic E-state index is 11.9. The molecule has 10 heteroatoms. The molecule has 0 amide bonds. The molecule has 4 atom stereocenters. The molecule has 48 heavy (non-hydrogen) atoms. The summed E-state index contributed by atoms with van der Waals surface area (Å²) < 4.78 is 34.6. The van der Waals surface area contributed by atoms with Crippen molar-refractivity contribution in [2.75, 3.05) is 54.6 Å². The van der Waals surface area contributed by atoms with Crippen molar-refractivity contribution in [3.05, 3.63) is 71.2 Å². The molecule has 2 saturated heterocycles. The van der Waals surface area contributed by atoms with E-state index in [2.05, 4.69) is 53.3 Å². The third kappa shape index (κ3) is 6.28. The number of carbonyl (C=O) groups is 2. The first-order valence-electron chi connectivity index (χ1n) is 16.9. The predicted octanol–water partition coefficient (Wildman–Crippen LogP) is 5.53. The number of carbonyl (C=O) groups excluding carboxylic acids is 2. The number of rotatable bonds is 11. The van der Waals surface area contributed by atoms with Gasteiger partial charge in [-0.2, -0.15) is 0 Å². The molecule has 0 spiro atoms. The number of likely N-dealkylation sites (N-methyl/N-ethyl adjacent to an activating group) is 1. The predicted molar refractivity (Wildman–Crippen MR) is 181 cm³/mol. The Balaban J connectivity index is 1.19. The monoisotopic (exact) mass is 660 g/mol. The highest BCUT2D eigenvalue weighted by molar-refractivity contribution is 5.68. The van der Waals surface area contributed by atoms with Crippen LogP contribution in [0.3, 0.4) is 0 Å². The molecule has 0 bridgehead atoms. The van der Waals surface area contributed by atoms with E-state index in [1.807, 2.05) is 12.1 Å². The smallest absolute Gasteiger partial charge is 0.307 e. The first kappa shape index (κ1) is 33.9. The average molecular weight is 661 g/mol. The number of likely N-dealkylation sites (tertiary alicyclic amines) is 2. The number of allylic oxidation sites excluding steroid dienone is 2. The van der Waals surface area contributed by atoms with Gasteiger partial charge in [-0.05, 0) is 93.4 Å². The first-order chi connectivity index (χ1) is 23.1. The van der Waals surface area contributed by atoms with E-state index in [1.54, 1.807) is 21.3 Å². The van der Waals surface area contributed by atoms with Crippen molar-refractivity contribution in [3.63, 3.8) is 0 Å². The zero-order valence-electron chi connectivity index (χ0n) is 29.0. The highest BCUT2D eigenvalue weighted by atomic mass is 16.5. The minimum absolute atomic E-state index is 0.0820. The summed E-state index contributed by atoms with van der Waals surface area (Å²) in [4.78, 5) is 28.3. The summed E-state index contributed by atoms with van der Waals surface area (Å²) in [6.45, 7) is 5.94. The van der Waals surface area contributed by atoms with Crippen LogP contribution in [-0.4, -0.2) is 88.4 Å². The Kier molecular flexibility index (Phi) is 9.76. The zero-order chi connectivity index (χ0) is 34.1. The lowest BCUT2D eigenvalue weighted by Crippen LogP contribution is -2.46. The molecule has 258 valence electrons. The molecule has 2 aliphatic heterocycles. The lowest BCUT2D eigenvalue weighted by Gasteiger charge is -2.41. The molecule has 0 aromatic heterocycles. The Morgan fingerprint density at radius 2 is 1.42 bits per heavy atom. The lowest BCUT2D eigenvalue weighted by molar-refractivity contribution is -0.138. The number of hydrogen-bond donors (Lipinski definition) is 0. The Bertz CT molecular complexity index is 1600. The topological polar surface area (TPSA) is 96.0 Å². The summed E-state index contributed by atoms with van der Waals surface area (Å²) in [7, 11) is 7.12. The summed E-state index contributed by atoms with van der Waals surface area (Å²) in [5.74, 6) is 3.74. The minimum atomic E-state index is -0.299. The van der Waals surface area contributed by atoms with Gasteiger partial charge >= 0.3 is 11.9 Å². The fourth-order valence-electron chi connectivity index (χ4n) is 8.63. The van der Waals surface area contributed by atoms with Crippen LogP contribution in [0.15, 0.2) is 60.1 Å². The molecule has 2 fully saturated rings. The second kappa shape index (κ2) is 13.8. The maximum absolute atomic E-state index is 11.9. The second-order valence-corrected chi connectivity index (χ2v) is 13.5. The van der Waals surface area contributed by atoms with Gasteiger partial charge in [0.15, 0.2) is 23.0 Å². The summed E-state index contributed by atoms with van der Waals surface area (Å²) in [6.07, 6.45) is 9.19. The van der Waals surface area contributed by atoms with E-state index >= 15 is 0 Å². The number of esters is 2. The standard InChI is InChI=1S/C38H48N2O8/c1-25(41)47-29-11-13-37(15-17-39(3)35(37)23-29)27-8-10-32(34(22-27)45-6)46-20-19-40-18-16-38(14-12-30(24-36(38)40)48-26(2)42)28-7-9-31(43-4)33(21-28)44-5/h7-10,12,21-23,35-36H,11,13-20,24H2,1-6H3/t35-,36-,37-,38-/m0/s1. The van der Waals surface area contributed by atoms with Crippen LogP contribution in [-0.2, 0) is 29.9 Å². The van der Waals surface area contributed by atoms with Crippen molar-refractivity contribution in [2.45, 2.75) is 75.3 Å². The highest BCUT2D eigenvalue weighted by Gasteiger charge is 2.51. The van der Waals surface area contributed by atoms with Crippen LogP contribution in [0.5, 0.6) is 23.0 Å². The van der Waals surface area contributed by atoms with Crippen LogP contribution in [0.4, 0.5) is 0 Å². The number of ether oxygens (including phenoxy) is 6. The minimum Gasteiger partial charge on any atom is -0.493 e. The number of benzene rings is 2. The Labute approximate surface area is 283 Å². The van der Waals surface area contributed by atoms with Crippen LogP contribution >= 0.6 is 0 Å². The fourth-order valence-corrected chi connectivity index (χ4v) is 8.63. The molecular formula is C38H48N2O8. The van der Waals surface area contributed by atoms with Crippen molar-refractivity contribution in [3.8, 4) is 23.0 Å². The quantitative estimate of drug-likeness (QED) is 0.287. The Morgan fingerprint density at radius 1 is 0.792 bits per heavy atom. The molecule has 2 aromatic rings. The first-order valence-corrected chi connectivity index (χ1v) is 16.9. The van der Waals surface area contributed by atoms with Gasteiger partial charge < -0.3 is 28.4 Å². The number of methoxy groups -OCH3 is 3. The van der Waals surface area contributed by atoms with Gasteiger partial charge in [0.25, 0.3) is 0 Å². The van der Waals surface area contributed by atoms with Crippen molar-refractivity contribution < 1.29 is 38.0 Å². The van der Waals surface area contributed by atoms with E-state index < -0.39 is 0 Å². The number of nitrogens with zero attached hydrogens (tertiary/aromatic N) is 2. The van der Waals surface area contributed by atoms with Gasteiger partial charge in [0.2, 0.25) is 0 Å². The summed E-state index contributed by atoms with van der Waals surface area (Å²) in [5.41, 5.74) is 2.17. The highest BCUT2D eigenvalue weighted by Crippen LogP contribution is 2.51. The SMILES string of the molecule is COc1ccc([C@@]23CC=C(OC(C)=O)C[C@@H]2N(CCOc2ccc([C@@]45CCC(OC(C)=O)=C[C@@H]4N(C)CC5)cc2OC)CC3)cc1OC. The largest absolute Gasteiger partial charge is 0.493 e. The van der Waals surface area contributed by atoms with Crippen LogP contribution in [0.2, 0.25) is 0 Å². The number of hydrogen-bond acceptors (Lipinski definition) is 10. The van der Waals surface area contributed by atoms with Gasteiger partial charge in [0.05, 0.1) is 21.3 Å². The fraction of sp³-hybridized carbons (Fsp3) is 0.526. The van der Waals surface area contributed by atoms with Crippen LogP contribution < -0.4 is 18.9 Å². The van der Waals surface area contributed by atoms with Crippen LogP contribution in [0.25, 0.3) is 0 Å². The van der Waals surface area contributed by atoms with E-state index in [1.165, 1.54) is 25.0 Å². The van der Waals surface area contributed by atoms with Gasteiger partial charge in [0.1, 0.15) is 18.1 Å². The number of fused-ring (bicyclic) bond motifs is 2. The Hall–Kier alpha value is -4.02. The van der Waals surface area contributed by atoms with Gasteiger partial charge in [-0.3, -0.25) is 19.4 Å². The molecule has 4 aliphatic rings. The van der Waals surface area contributed by atoms with Crippen molar-refractivity contribution in [1.29, 1.82) is 0 Å². The van der Waals surface area contributed by atoms with Crippen LogP contribution in [0.1, 0.15) is 63.5 Å². The molecule has 2 aromatic carbocycles. The summed E-state index contributed by atoms with van der Waals surface area (Å²) in [6, 6.07) is 12.8. The summed E-state index contributed by atoms with van der Waals surface area (Å²) >= 11 is 0. The molecule has 0 unspecified atom stereocenters. The molecule has 2 heterocycles. The van der Waals surface area contributed by atoms with E-state index in [0.29, 0.717) is 42.6 Å². The van der Waals surface area contributed by atoms with E-state index in [0.717, 1.165) is 56.7 Å². The van der Waals surface area contributed by atoms with Crippen LogP contribution in [0, 0.1) is 0 Å². The van der Waals surface area contributed by atoms with Gasteiger partial charge in [-0.15, -0.1) is 0 Å². The lowest BCUT2D eigenvalue weighted by atomic mass is 9.68. The molecule has 0 N–H and O–H groups in total. The molecule has 0 saturated carbocycles. The van der Waals surface area contributed by atoms with Crippen molar-refractivity contribution in [1.82, 2.24) is 9.80 Å². The van der Waals surface area contributed by atoms with Crippen molar-refractivity contribution in [2.24, 2.45) is 0 Å². The second-order valence-electron chi connectivity index (χ2n) is 13.5. The average Bonchev–Trinajstić information content (AvgIpc) is 3.62.